The lowest BCUT2D eigenvalue weighted by molar-refractivity contribution is -0.121. The number of carbonyl (C=O) groups is 1. The van der Waals surface area contributed by atoms with Crippen LogP contribution in [0.2, 0.25) is 0 Å². The summed E-state index contributed by atoms with van der Waals surface area (Å²) in [5, 5.41) is 16.9. The van der Waals surface area contributed by atoms with E-state index in [4.69, 9.17) is 24.4 Å². The molecule has 0 spiro atoms. The Kier molecular flexibility index (Phi) is 4.75. The van der Waals surface area contributed by atoms with E-state index in [-0.39, 0.29) is 12.5 Å². The Balaban J connectivity index is 1.47. The van der Waals surface area contributed by atoms with Crippen molar-refractivity contribution >= 4 is 30.3 Å². The Labute approximate surface area is 165 Å². The van der Waals surface area contributed by atoms with Gasteiger partial charge < -0.3 is 5.32 Å². The summed E-state index contributed by atoms with van der Waals surface area (Å²) in [5.41, 5.74) is 2.05. The summed E-state index contributed by atoms with van der Waals surface area (Å²) in [6, 6.07) is 8.32. The number of hydrogen-bond donors (Lipinski definition) is 3. The minimum atomic E-state index is -0.169. The number of aromatic amines is 2. The van der Waals surface area contributed by atoms with Gasteiger partial charge in [-0.05, 0) is 44.2 Å². The van der Waals surface area contributed by atoms with Crippen molar-refractivity contribution < 1.29 is 4.79 Å². The lowest BCUT2D eigenvalue weighted by atomic mass is 10.1. The second-order valence-corrected chi connectivity index (χ2v) is 7.40. The standard InChI is InChI=1S/C17H19N7OS2/c1-10-2-4-11(5-3-10)15-20-21-16(26)23(15)9-14(25)18-8-13-19-22-17(27)24(13)12-6-7-12/h2-5,12H,6-9H2,1H3,(H,18,25)(H,21,26)(H,22,27). The SMILES string of the molecule is Cc1ccc(-c2n[nH]c(=S)n2CC(=O)NCc2n[nH]c(=S)n2C2CC2)cc1. The molecule has 1 amide bonds. The molecule has 3 N–H and O–H groups in total. The summed E-state index contributed by atoms with van der Waals surface area (Å²) in [6.07, 6.45) is 2.19. The monoisotopic (exact) mass is 401 g/mol. The number of nitrogens with one attached hydrogen (secondary N) is 3. The van der Waals surface area contributed by atoms with Gasteiger partial charge >= 0.3 is 0 Å². The van der Waals surface area contributed by atoms with Crippen molar-refractivity contribution in [1.29, 1.82) is 0 Å². The normalized spacial score (nSPS) is 13.7. The van der Waals surface area contributed by atoms with E-state index < -0.39 is 0 Å². The molecule has 0 radical (unpaired) electrons. The van der Waals surface area contributed by atoms with Crippen molar-refractivity contribution in [2.75, 3.05) is 0 Å². The average Bonchev–Trinajstić information content (AvgIpc) is 3.33. The summed E-state index contributed by atoms with van der Waals surface area (Å²) >= 11 is 10.6. The number of nitrogens with zero attached hydrogens (tertiary/aromatic N) is 4. The molecular weight excluding hydrogens is 382 g/mol. The van der Waals surface area contributed by atoms with Gasteiger partial charge in [0.05, 0.1) is 6.54 Å². The highest BCUT2D eigenvalue weighted by Crippen LogP contribution is 2.35. The van der Waals surface area contributed by atoms with E-state index in [2.05, 4.69) is 25.7 Å². The van der Waals surface area contributed by atoms with Crippen LogP contribution in [0.1, 0.15) is 30.3 Å². The number of amides is 1. The van der Waals surface area contributed by atoms with Gasteiger partial charge in [-0.25, -0.2) is 0 Å². The van der Waals surface area contributed by atoms with Crippen LogP contribution in [0, 0.1) is 16.5 Å². The highest BCUT2D eigenvalue weighted by Gasteiger charge is 2.27. The second-order valence-electron chi connectivity index (χ2n) is 6.63. The van der Waals surface area contributed by atoms with Crippen LogP contribution in [0.3, 0.4) is 0 Å². The smallest absolute Gasteiger partial charge is 0.240 e. The van der Waals surface area contributed by atoms with Gasteiger partial charge in [0, 0.05) is 11.6 Å². The molecule has 1 aromatic carbocycles. The summed E-state index contributed by atoms with van der Waals surface area (Å²) in [4.78, 5) is 12.5. The van der Waals surface area contributed by atoms with E-state index >= 15 is 0 Å². The van der Waals surface area contributed by atoms with Gasteiger partial charge in [-0.1, -0.05) is 29.8 Å². The number of hydrogen-bond acceptors (Lipinski definition) is 5. The second kappa shape index (κ2) is 7.20. The molecule has 0 saturated heterocycles. The number of H-pyrrole nitrogens is 2. The molecule has 0 aliphatic heterocycles. The first kappa shape index (κ1) is 17.8. The van der Waals surface area contributed by atoms with Gasteiger partial charge in [0.1, 0.15) is 6.54 Å². The summed E-state index contributed by atoms with van der Waals surface area (Å²) in [5.74, 6) is 1.21. The maximum absolute atomic E-state index is 12.5. The van der Waals surface area contributed by atoms with Crippen molar-refractivity contribution in [2.45, 2.75) is 38.9 Å². The molecule has 2 aromatic heterocycles. The maximum Gasteiger partial charge on any atom is 0.240 e. The topological polar surface area (TPSA) is 96.3 Å². The Morgan fingerprint density at radius 2 is 1.89 bits per heavy atom. The summed E-state index contributed by atoms with van der Waals surface area (Å²) in [6.45, 7) is 2.41. The zero-order valence-electron chi connectivity index (χ0n) is 14.7. The van der Waals surface area contributed by atoms with Crippen LogP contribution < -0.4 is 5.32 Å². The first-order valence-corrected chi connectivity index (χ1v) is 9.49. The molecule has 1 aliphatic rings. The molecule has 10 heteroatoms. The van der Waals surface area contributed by atoms with Crippen molar-refractivity contribution in [3.63, 3.8) is 0 Å². The van der Waals surface area contributed by atoms with Crippen molar-refractivity contribution in [1.82, 2.24) is 34.8 Å². The van der Waals surface area contributed by atoms with Gasteiger partial charge in [0.25, 0.3) is 0 Å². The van der Waals surface area contributed by atoms with Crippen molar-refractivity contribution in [2.24, 2.45) is 0 Å². The van der Waals surface area contributed by atoms with Crippen LogP contribution in [-0.2, 0) is 17.9 Å². The molecule has 1 aliphatic carbocycles. The molecular formula is C17H19N7OS2. The first-order valence-electron chi connectivity index (χ1n) is 8.67. The van der Waals surface area contributed by atoms with Gasteiger partial charge in [0.15, 0.2) is 21.2 Å². The van der Waals surface area contributed by atoms with Crippen LogP contribution in [-0.4, -0.2) is 35.4 Å². The van der Waals surface area contributed by atoms with Crippen molar-refractivity contribution in [3.05, 3.63) is 45.2 Å². The molecule has 1 saturated carbocycles. The Bertz CT molecular complexity index is 1090. The number of aromatic nitrogens is 6. The highest BCUT2D eigenvalue weighted by molar-refractivity contribution is 7.71. The Morgan fingerprint density at radius 1 is 1.19 bits per heavy atom. The van der Waals surface area contributed by atoms with Crippen LogP contribution in [0.5, 0.6) is 0 Å². The van der Waals surface area contributed by atoms with Crippen LogP contribution in [0.15, 0.2) is 24.3 Å². The minimum Gasteiger partial charge on any atom is -0.347 e. The molecule has 140 valence electrons. The molecule has 4 rings (SSSR count). The summed E-state index contributed by atoms with van der Waals surface area (Å²) < 4.78 is 4.67. The Hall–Kier alpha value is -2.59. The summed E-state index contributed by atoms with van der Waals surface area (Å²) in [7, 11) is 0. The minimum absolute atomic E-state index is 0.0765. The van der Waals surface area contributed by atoms with E-state index in [9.17, 15) is 4.79 Å². The quantitative estimate of drug-likeness (QED) is 0.552. The lowest BCUT2D eigenvalue weighted by Gasteiger charge is -2.09. The largest absolute Gasteiger partial charge is 0.347 e. The zero-order valence-corrected chi connectivity index (χ0v) is 16.4. The van der Waals surface area contributed by atoms with Crippen LogP contribution >= 0.6 is 24.4 Å². The molecule has 0 atom stereocenters. The number of rotatable bonds is 6. The maximum atomic E-state index is 12.5. The van der Waals surface area contributed by atoms with E-state index in [0.29, 0.717) is 28.0 Å². The molecule has 0 unspecified atom stereocenters. The Morgan fingerprint density at radius 3 is 2.59 bits per heavy atom. The fraction of sp³-hybridized carbons (Fsp3) is 0.353. The molecule has 0 bridgehead atoms. The predicted octanol–water partition coefficient (Wildman–Crippen LogP) is 2.82. The molecule has 27 heavy (non-hydrogen) atoms. The number of aryl methyl sites for hydroxylation is 1. The molecule has 8 nitrogen and oxygen atoms in total. The van der Waals surface area contributed by atoms with Gasteiger partial charge in [0.2, 0.25) is 5.91 Å². The lowest BCUT2D eigenvalue weighted by Crippen LogP contribution is -2.28. The van der Waals surface area contributed by atoms with Crippen molar-refractivity contribution in [3.8, 4) is 11.4 Å². The molecule has 1 fully saturated rings. The first-order chi connectivity index (χ1) is 13.0. The number of benzene rings is 1. The van der Waals surface area contributed by atoms with Gasteiger partial charge in [-0.2, -0.15) is 10.2 Å². The van der Waals surface area contributed by atoms with E-state index in [1.807, 2.05) is 35.8 Å². The third kappa shape index (κ3) is 3.76. The molecule has 2 heterocycles. The van der Waals surface area contributed by atoms with E-state index in [0.717, 1.165) is 29.8 Å². The fourth-order valence-electron chi connectivity index (χ4n) is 2.94. The third-order valence-electron chi connectivity index (χ3n) is 4.50. The third-order valence-corrected chi connectivity index (χ3v) is 5.10. The predicted molar refractivity (Wildman–Crippen MR) is 105 cm³/mol. The van der Waals surface area contributed by atoms with E-state index in [1.54, 1.807) is 4.57 Å². The average molecular weight is 402 g/mol. The van der Waals surface area contributed by atoms with Crippen LogP contribution in [0.4, 0.5) is 0 Å². The fourth-order valence-corrected chi connectivity index (χ4v) is 3.43. The van der Waals surface area contributed by atoms with Crippen LogP contribution in [0.25, 0.3) is 11.4 Å². The van der Waals surface area contributed by atoms with E-state index in [1.165, 1.54) is 0 Å². The van der Waals surface area contributed by atoms with Gasteiger partial charge in [-0.3, -0.25) is 24.1 Å². The van der Waals surface area contributed by atoms with Gasteiger partial charge in [-0.15, -0.1) is 0 Å². The number of carbonyl (C=O) groups excluding carboxylic acids is 1. The zero-order chi connectivity index (χ0) is 19.0. The highest BCUT2D eigenvalue weighted by atomic mass is 32.1. The molecule has 3 aromatic rings.